The highest BCUT2D eigenvalue weighted by Crippen LogP contribution is 2.30. The molecule has 0 N–H and O–H groups in total. The fourth-order valence-corrected chi connectivity index (χ4v) is 2.37. The van der Waals surface area contributed by atoms with Gasteiger partial charge in [0.15, 0.2) is 5.82 Å². The van der Waals surface area contributed by atoms with Crippen LogP contribution in [0.5, 0.6) is 0 Å². The fourth-order valence-electron chi connectivity index (χ4n) is 1.72. The number of pyridine rings is 1. The van der Waals surface area contributed by atoms with E-state index in [4.69, 9.17) is 23.2 Å². The molecule has 0 saturated heterocycles. The number of hydrogen-bond donors (Lipinski definition) is 0. The molecule has 0 unspecified atom stereocenters. The van der Waals surface area contributed by atoms with Crippen molar-refractivity contribution >= 4 is 23.2 Å². The van der Waals surface area contributed by atoms with E-state index in [1.807, 2.05) is 6.92 Å². The van der Waals surface area contributed by atoms with Crippen molar-refractivity contribution in [2.45, 2.75) is 25.4 Å². The van der Waals surface area contributed by atoms with E-state index in [1.165, 1.54) is 10.7 Å². The highest BCUT2D eigenvalue weighted by Gasteiger charge is 2.30. The first kappa shape index (κ1) is 15.1. The molecule has 0 amide bonds. The summed E-state index contributed by atoms with van der Waals surface area (Å²) >= 11 is 11.9. The predicted octanol–water partition coefficient (Wildman–Crippen LogP) is 4.24. The SMILES string of the molecule is CCc1nn(-c2ccc(C(F)(F)F)cn2)c(Cl)c1CCl. The molecule has 108 valence electrons. The maximum absolute atomic E-state index is 12.5. The molecular weight excluding hydrogens is 314 g/mol. The van der Waals surface area contributed by atoms with E-state index in [0.717, 1.165) is 12.3 Å². The van der Waals surface area contributed by atoms with Crippen LogP contribution in [-0.2, 0) is 18.5 Å². The lowest BCUT2D eigenvalue weighted by Gasteiger charge is -2.07. The summed E-state index contributed by atoms with van der Waals surface area (Å²) in [5, 5.41) is 4.49. The lowest BCUT2D eigenvalue weighted by atomic mass is 10.2. The first-order chi connectivity index (χ1) is 9.38. The normalized spacial score (nSPS) is 11.9. The third-order valence-electron chi connectivity index (χ3n) is 2.76. The lowest BCUT2D eigenvalue weighted by Crippen LogP contribution is -2.07. The van der Waals surface area contributed by atoms with Gasteiger partial charge in [-0.05, 0) is 18.6 Å². The molecule has 2 aromatic heterocycles. The molecule has 0 aliphatic carbocycles. The highest BCUT2D eigenvalue weighted by atomic mass is 35.5. The van der Waals surface area contributed by atoms with Crippen LogP contribution in [0.4, 0.5) is 13.2 Å². The van der Waals surface area contributed by atoms with Crippen LogP contribution in [0.15, 0.2) is 18.3 Å². The van der Waals surface area contributed by atoms with Gasteiger partial charge >= 0.3 is 6.18 Å². The molecule has 0 bridgehead atoms. The summed E-state index contributed by atoms with van der Waals surface area (Å²) in [5.74, 6) is 0.400. The Morgan fingerprint density at radius 3 is 2.40 bits per heavy atom. The van der Waals surface area contributed by atoms with Gasteiger partial charge < -0.3 is 0 Å². The number of rotatable bonds is 3. The Morgan fingerprint density at radius 1 is 1.30 bits per heavy atom. The van der Waals surface area contributed by atoms with Crippen LogP contribution < -0.4 is 0 Å². The second-order valence-corrected chi connectivity index (χ2v) is 4.64. The largest absolute Gasteiger partial charge is 0.417 e. The summed E-state index contributed by atoms with van der Waals surface area (Å²) in [4.78, 5) is 3.75. The Labute approximate surface area is 123 Å². The van der Waals surface area contributed by atoms with Crippen LogP contribution in [0.2, 0.25) is 5.15 Å². The molecule has 8 heteroatoms. The third kappa shape index (κ3) is 2.76. The Hall–Kier alpha value is -1.27. The zero-order valence-corrected chi connectivity index (χ0v) is 11.9. The summed E-state index contributed by atoms with van der Waals surface area (Å²) in [6, 6.07) is 2.16. The topological polar surface area (TPSA) is 30.7 Å². The molecule has 0 spiro atoms. The van der Waals surface area contributed by atoms with Crippen molar-refractivity contribution in [3.63, 3.8) is 0 Å². The van der Waals surface area contributed by atoms with Crippen molar-refractivity contribution in [3.8, 4) is 5.82 Å². The maximum atomic E-state index is 12.5. The van der Waals surface area contributed by atoms with Crippen molar-refractivity contribution in [2.75, 3.05) is 0 Å². The molecule has 0 radical (unpaired) electrons. The Morgan fingerprint density at radius 2 is 2.00 bits per heavy atom. The number of aryl methyl sites for hydroxylation is 1. The second kappa shape index (κ2) is 5.61. The van der Waals surface area contributed by atoms with Crippen molar-refractivity contribution in [2.24, 2.45) is 0 Å². The molecule has 0 aliphatic rings. The Balaban J connectivity index is 2.44. The Bertz CT molecular complexity index is 606. The van der Waals surface area contributed by atoms with E-state index in [-0.39, 0.29) is 16.9 Å². The first-order valence-corrected chi connectivity index (χ1v) is 6.65. The minimum Gasteiger partial charge on any atom is -0.236 e. The van der Waals surface area contributed by atoms with Gasteiger partial charge in [-0.25, -0.2) is 9.67 Å². The molecule has 0 saturated carbocycles. The summed E-state index contributed by atoms with van der Waals surface area (Å²) in [6.45, 7) is 1.89. The van der Waals surface area contributed by atoms with Gasteiger partial charge in [-0.15, -0.1) is 11.6 Å². The monoisotopic (exact) mass is 323 g/mol. The molecule has 0 atom stereocenters. The minimum atomic E-state index is -4.42. The highest BCUT2D eigenvalue weighted by molar-refractivity contribution is 6.31. The number of aromatic nitrogens is 3. The molecule has 2 heterocycles. The quantitative estimate of drug-likeness (QED) is 0.791. The fraction of sp³-hybridized carbons (Fsp3) is 0.333. The number of hydrogen-bond acceptors (Lipinski definition) is 2. The van der Waals surface area contributed by atoms with Crippen molar-refractivity contribution in [1.29, 1.82) is 0 Å². The smallest absolute Gasteiger partial charge is 0.236 e. The van der Waals surface area contributed by atoms with Gasteiger partial charge in [-0.3, -0.25) is 0 Å². The van der Waals surface area contributed by atoms with Crippen LogP contribution in [-0.4, -0.2) is 14.8 Å². The molecule has 2 aromatic rings. The molecule has 20 heavy (non-hydrogen) atoms. The molecule has 0 aliphatic heterocycles. The molecule has 0 aromatic carbocycles. The number of nitrogens with zero attached hydrogens (tertiary/aromatic N) is 3. The van der Waals surface area contributed by atoms with E-state index in [9.17, 15) is 13.2 Å². The van der Waals surface area contributed by atoms with E-state index in [1.54, 1.807) is 0 Å². The van der Waals surface area contributed by atoms with Crippen molar-refractivity contribution < 1.29 is 13.2 Å². The van der Waals surface area contributed by atoms with Gasteiger partial charge in [0.05, 0.1) is 17.1 Å². The van der Waals surface area contributed by atoms with Crippen LogP contribution in [0.1, 0.15) is 23.7 Å². The Kier molecular flexibility index (Phi) is 4.25. The van der Waals surface area contributed by atoms with E-state index < -0.39 is 11.7 Å². The predicted molar refractivity (Wildman–Crippen MR) is 70.3 cm³/mol. The summed E-state index contributed by atoms with van der Waals surface area (Å²) in [5.41, 5.74) is 0.544. The van der Waals surface area contributed by atoms with Crippen molar-refractivity contribution in [1.82, 2.24) is 14.8 Å². The second-order valence-electron chi connectivity index (χ2n) is 4.02. The zero-order chi connectivity index (χ0) is 14.9. The van der Waals surface area contributed by atoms with Crippen molar-refractivity contribution in [3.05, 3.63) is 40.3 Å². The number of alkyl halides is 4. The van der Waals surface area contributed by atoms with Gasteiger partial charge in [0, 0.05) is 11.8 Å². The lowest BCUT2D eigenvalue weighted by molar-refractivity contribution is -0.137. The summed E-state index contributed by atoms with van der Waals surface area (Å²) < 4.78 is 38.7. The van der Waals surface area contributed by atoms with Crippen LogP contribution in [0.3, 0.4) is 0 Å². The number of halogens is 5. The third-order valence-corrected chi connectivity index (χ3v) is 3.42. The van der Waals surface area contributed by atoms with Crippen LogP contribution >= 0.6 is 23.2 Å². The maximum Gasteiger partial charge on any atom is 0.417 e. The average Bonchev–Trinajstić information content (AvgIpc) is 2.74. The molecular formula is C12H10Cl2F3N3. The van der Waals surface area contributed by atoms with Gasteiger partial charge in [0.2, 0.25) is 0 Å². The molecule has 2 rings (SSSR count). The standard InChI is InChI=1S/C12H10Cl2F3N3/c1-2-9-8(5-13)11(14)20(19-9)10-4-3-7(6-18-10)12(15,16)17/h3-4,6H,2,5H2,1H3. The van der Waals surface area contributed by atoms with E-state index in [0.29, 0.717) is 17.7 Å². The van der Waals surface area contributed by atoms with E-state index in [2.05, 4.69) is 10.1 Å². The molecule has 0 fully saturated rings. The minimum absolute atomic E-state index is 0.183. The van der Waals surface area contributed by atoms with Gasteiger partial charge in [-0.2, -0.15) is 18.3 Å². The van der Waals surface area contributed by atoms with Crippen LogP contribution in [0, 0.1) is 0 Å². The van der Waals surface area contributed by atoms with Gasteiger partial charge in [0.1, 0.15) is 5.15 Å². The summed E-state index contributed by atoms with van der Waals surface area (Å²) in [6.07, 6.45) is -3.05. The average molecular weight is 324 g/mol. The van der Waals surface area contributed by atoms with Crippen LogP contribution in [0.25, 0.3) is 5.82 Å². The van der Waals surface area contributed by atoms with E-state index >= 15 is 0 Å². The van der Waals surface area contributed by atoms with Gasteiger partial charge in [-0.1, -0.05) is 18.5 Å². The first-order valence-electron chi connectivity index (χ1n) is 5.74. The summed E-state index contributed by atoms with van der Waals surface area (Å²) in [7, 11) is 0. The molecule has 3 nitrogen and oxygen atoms in total. The zero-order valence-electron chi connectivity index (χ0n) is 10.4. The van der Waals surface area contributed by atoms with Gasteiger partial charge in [0.25, 0.3) is 0 Å².